The Morgan fingerprint density at radius 3 is 2.75 bits per heavy atom. The molecule has 0 saturated heterocycles. The summed E-state index contributed by atoms with van der Waals surface area (Å²) >= 11 is 0. The second-order valence-electron chi connectivity index (χ2n) is 11.0. The van der Waals surface area contributed by atoms with Crippen molar-refractivity contribution in [2.24, 2.45) is 40.4 Å². The zero-order valence-electron chi connectivity index (χ0n) is 18.4. The number of methoxy groups -OCH3 is 1. The monoisotopic (exact) mass is 388 g/mol. The molecule has 28 heavy (non-hydrogen) atoms. The number of aliphatic hydroxyl groups is 1. The van der Waals surface area contributed by atoms with Gasteiger partial charge in [0, 0.05) is 6.42 Å². The lowest BCUT2D eigenvalue weighted by Crippen LogP contribution is -2.50. The molecule has 3 saturated carbocycles. The Bertz CT molecular complexity index is 640. The standard InChI is InChI=1S/C25H40O3/c1-16(5-10-23(27)28-4)20-8-9-21-19-7-6-17-15-18(26)11-13-24(17,2)22(19)12-14-25(20,21)3/h6,16,18-22,26H,5,7-15H2,1-4H3/t16-,18+,19+,20+,21+,22-,24+,25-/m1/s1. The number of ether oxygens (including phenoxy) is 1. The molecular formula is C25H40O3. The van der Waals surface area contributed by atoms with Crippen LogP contribution >= 0.6 is 0 Å². The van der Waals surface area contributed by atoms with Gasteiger partial charge < -0.3 is 9.84 Å². The quantitative estimate of drug-likeness (QED) is 0.510. The topological polar surface area (TPSA) is 46.5 Å². The van der Waals surface area contributed by atoms with Crippen molar-refractivity contribution in [2.45, 2.75) is 91.1 Å². The highest BCUT2D eigenvalue weighted by Gasteiger charge is 2.59. The summed E-state index contributed by atoms with van der Waals surface area (Å²) in [6.45, 7) is 7.46. The highest BCUT2D eigenvalue weighted by Crippen LogP contribution is 2.67. The Morgan fingerprint density at radius 1 is 1.21 bits per heavy atom. The van der Waals surface area contributed by atoms with Crippen LogP contribution in [0.2, 0.25) is 0 Å². The van der Waals surface area contributed by atoms with Gasteiger partial charge in [0.2, 0.25) is 0 Å². The molecular weight excluding hydrogens is 348 g/mol. The molecule has 0 aromatic carbocycles. The number of carbonyl (C=O) groups is 1. The van der Waals surface area contributed by atoms with Crippen molar-refractivity contribution in [3.8, 4) is 0 Å². The van der Waals surface area contributed by atoms with Gasteiger partial charge in [0.1, 0.15) is 0 Å². The van der Waals surface area contributed by atoms with Crippen LogP contribution in [0.25, 0.3) is 0 Å². The van der Waals surface area contributed by atoms with Gasteiger partial charge in [0.15, 0.2) is 0 Å². The molecule has 8 atom stereocenters. The van der Waals surface area contributed by atoms with Crippen molar-refractivity contribution in [1.29, 1.82) is 0 Å². The molecule has 0 amide bonds. The van der Waals surface area contributed by atoms with Crippen LogP contribution in [0, 0.1) is 40.4 Å². The third kappa shape index (κ3) is 3.16. The van der Waals surface area contributed by atoms with Gasteiger partial charge in [-0.05, 0) is 98.2 Å². The Kier molecular flexibility index (Phi) is 5.44. The van der Waals surface area contributed by atoms with E-state index in [2.05, 4.69) is 26.8 Å². The first kappa shape index (κ1) is 20.4. The lowest BCUT2D eigenvalue weighted by molar-refractivity contribution is -0.141. The normalized spacial score (nSPS) is 46.0. The Hall–Kier alpha value is -0.830. The molecule has 3 fully saturated rings. The molecule has 0 bridgehead atoms. The van der Waals surface area contributed by atoms with Crippen molar-refractivity contribution >= 4 is 5.97 Å². The molecule has 0 unspecified atom stereocenters. The fourth-order valence-electron chi connectivity index (χ4n) is 8.27. The smallest absolute Gasteiger partial charge is 0.305 e. The van der Waals surface area contributed by atoms with Crippen molar-refractivity contribution < 1.29 is 14.6 Å². The van der Waals surface area contributed by atoms with Crippen molar-refractivity contribution in [2.75, 3.05) is 7.11 Å². The minimum absolute atomic E-state index is 0.0624. The van der Waals surface area contributed by atoms with Crippen molar-refractivity contribution in [3.05, 3.63) is 11.6 Å². The Labute approximate surface area is 171 Å². The first-order chi connectivity index (χ1) is 13.3. The molecule has 3 heteroatoms. The molecule has 1 N–H and O–H groups in total. The van der Waals surface area contributed by atoms with Gasteiger partial charge in [-0.15, -0.1) is 0 Å². The van der Waals surface area contributed by atoms with E-state index in [0.29, 0.717) is 23.2 Å². The highest BCUT2D eigenvalue weighted by atomic mass is 16.5. The van der Waals surface area contributed by atoms with Gasteiger partial charge in [0.05, 0.1) is 13.2 Å². The number of allylic oxidation sites excluding steroid dienone is 1. The number of fused-ring (bicyclic) bond motifs is 5. The van der Waals surface area contributed by atoms with Crippen LogP contribution in [0.15, 0.2) is 11.6 Å². The Morgan fingerprint density at radius 2 is 2.00 bits per heavy atom. The summed E-state index contributed by atoms with van der Waals surface area (Å²) in [5.74, 6) is 3.74. The average molecular weight is 389 g/mol. The van der Waals surface area contributed by atoms with E-state index in [0.717, 1.165) is 42.9 Å². The summed E-state index contributed by atoms with van der Waals surface area (Å²) in [5.41, 5.74) is 2.34. The predicted octanol–water partition coefficient (Wildman–Crippen LogP) is 5.52. The summed E-state index contributed by atoms with van der Waals surface area (Å²) in [7, 11) is 1.50. The lowest BCUT2D eigenvalue weighted by Gasteiger charge is -2.58. The molecule has 4 aliphatic rings. The second kappa shape index (κ2) is 7.45. The van der Waals surface area contributed by atoms with Crippen LogP contribution in [-0.2, 0) is 9.53 Å². The zero-order valence-corrected chi connectivity index (χ0v) is 18.4. The van der Waals surface area contributed by atoms with E-state index in [9.17, 15) is 9.90 Å². The number of esters is 1. The summed E-state index contributed by atoms with van der Waals surface area (Å²) < 4.78 is 4.87. The molecule has 0 radical (unpaired) electrons. The maximum atomic E-state index is 11.6. The minimum Gasteiger partial charge on any atom is -0.469 e. The molecule has 0 aromatic heterocycles. The fraction of sp³-hybridized carbons (Fsp3) is 0.880. The molecule has 158 valence electrons. The van der Waals surface area contributed by atoms with E-state index in [-0.39, 0.29) is 12.1 Å². The van der Waals surface area contributed by atoms with Crippen LogP contribution in [0.1, 0.15) is 85.0 Å². The number of hydrogen-bond donors (Lipinski definition) is 1. The van der Waals surface area contributed by atoms with E-state index in [1.54, 1.807) is 5.57 Å². The van der Waals surface area contributed by atoms with Gasteiger partial charge in [-0.1, -0.05) is 32.4 Å². The van der Waals surface area contributed by atoms with Crippen LogP contribution in [0.4, 0.5) is 0 Å². The van der Waals surface area contributed by atoms with Crippen LogP contribution < -0.4 is 0 Å². The average Bonchev–Trinajstić information content (AvgIpc) is 3.03. The SMILES string of the molecule is COC(=O)CC[C@@H](C)[C@@H]1CC[C@H]2[C@@H]3CC=C4C[C@@H](O)CC[C@]4(C)[C@@H]3CC[C@@]21C. The van der Waals surface area contributed by atoms with Gasteiger partial charge in [-0.25, -0.2) is 0 Å². The minimum atomic E-state index is -0.115. The molecule has 4 aliphatic carbocycles. The van der Waals surface area contributed by atoms with E-state index < -0.39 is 0 Å². The highest BCUT2D eigenvalue weighted by molar-refractivity contribution is 5.69. The van der Waals surface area contributed by atoms with E-state index in [1.807, 2.05) is 0 Å². The third-order valence-electron chi connectivity index (χ3n) is 9.87. The number of rotatable bonds is 4. The van der Waals surface area contributed by atoms with Crippen molar-refractivity contribution in [1.82, 2.24) is 0 Å². The molecule has 0 aromatic rings. The van der Waals surface area contributed by atoms with Crippen LogP contribution in [-0.4, -0.2) is 24.3 Å². The number of aliphatic hydroxyl groups excluding tert-OH is 1. The van der Waals surface area contributed by atoms with Gasteiger partial charge in [0.25, 0.3) is 0 Å². The fourth-order valence-corrected chi connectivity index (χ4v) is 8.27. The molecule has 3 nitrogen and oxygen atoms in total. The van der Waals surface area contributed by atoms with Crippen LogP contribution in [0.5, 0.6) is 0 Å². The summed E-state index contributed by atoms with van der Waals surface area (Å²) in [6, 6.07) is 0. The maximum absolute atomic E-state index is 11.6. The molecule has 4 rings (SSSR count). The first-order valence-corrected chi connectivity index (χ1v) is 11.7. The predicted molar refractivity (Wildman–Crippen MR) is 112 cm³/mol. The van der Waals surface area contributed by atoms with Gasteiger partial charge >= 0.3 is 5.97 Å². The molecule has 0 aliphatic heterocycles. The van der Waals surface area contributed by atoms with E-state index >= 15 is 0 Å². The summed E-state index contributed by atoms with van der Waals surface area (Å²) in [5, 5.41) is 10.2. The first-order valence-electron chi connectivity index (χ1n) is 11.7. The van der Waals surface area contributed by atoms with Gasteiger partial charge in [-0.3, -0.25) is 4.79 Å². The van der Waals surface area contributed by atoms with E-state index in [1.165, 1.54) is 45.6 Å². The zero-order chi connectivity index (χ0) is 20.1. The van der Waals surface area contributed by atoms with Gasteiger partial charge in [-0.2, -0.15) is 0 Å². The van der Waals surface area contributed by atoms with Crippen molar-refractivity contribution in [3.63, 3.8) is 0 Å². The lowest BCUT2D eigenvalue weighted by atomic mass is 9.47. The number of carbonyl (C=O) groups excluding carboxylic acids is 1. The van der Waals surface area contributed by atoms with E-state index in [4.69, 9.17) is 4.74 Å². The summed E-state index contributed by atoms with van der Waals surface area (Å²) in [6.07, 6.45) is 13.6. The maximum Gasteiger partial charge on any atom is 0.305 e. The summed E-state index contributed by atoms with van der Waals surface area (Å²) in [4.78, 5) is 11.6. The Balaban J connectivity index is 1.51. The third-order valence-corrected chi connectivity index (χ3v) is 9.87. The largest absolute Gasteiger partial charge is 0.469 e. The number of hydrogen-bond acceptors (Lipinski definition) is 3. The molecule has 0 spiro atoms. The molecule has 0 heterocycles. The van der Waals surface area contributed by atoms with Crippen LogP contribution in [0.3, 0.4) is 0 Å². The second-order valence-corrected chi connectivity index (χ2v) is 11.0.